The summed E-state index contributed by atoms with van der Waals surface area (Å²) in [5.41, 5.74) is 0.958. The Morgan fingerprint density at radius 1 is 1.26 bits per heavy atom. The highest BCUT2D eigenvalue weighted by atomic mass is 35.5. The van der Waals surface area contributed by atoms with Crippen molar-refractivity contribution in [3.63, 3.8) is 0 Å². The average molecular weight is 338 g/mol. The summed E-state index contributed by atoms with van der Waals surface area (Å²) >= 11 is 6.04. The molecule has 1 unspecified atom stereocenters. The minimum Gasteiger partial charge on any atom is -0.481 e. The summed E-state index contributed by atoms with van der Waals surface area (Å²) in [6.45, 7) is 3.91. The summed E-state index contributed by atoms with van der Waals surface area (Å²) in [6.07, 6.45) is 8.69. The van der Waals surface area contributed by atoms with Crippen molar-refractivity contribution in [3.05, 3.63) is 28.8 Å². The number of aryl methyl sites for hydroxylation is 1. The van der Waals surface area contributed by atoms with E-state index in [0.29, 0.717) is 23.2 Å². The maximum absolute atomic E-state index is 12.5. The summed E-state index contributed by atoms with van der Waals surface area (Å²) in [7, 11) is 0. The zero-order chi connectivity index (χ0) is 16.7. The zero-order valence-electron chi connectivity index (χ0n) is 14.2. The van der Waals surface area contributed by atoms with Crippen molar-refractivity contribution in [1.29, 1.82) is 0 Å². The Balaban J connectivity index is 1.93. The van der Waals surface area contributed by atoms with Gasteiger partial charge in [0.25, 0.3) is 5.91 Å². The third-order valence-corrected chi connectivity index (χ3v) is 4.95. The maximum atomic E-state index is 12.5. The molecule has 0 heterocycles. The molecule has 0 saturated heterocycles. The zero-order valence-corrected chi connectivity index (χ0v) is 15.0. The van der Waals surface area contributed by atoms with E-state index in [2.05, 4.69) is 5.32 Å². The number of ether oxygens (including phenoxy) is 1. The van der Waals surface area contributed by atoms with Gasteiger partial charge in [-0.1, -0.05) is 50.6 Å². The van der Waals surface area contributed by atoms with E-state index in [-0.39, 0.29) is 5.91 Å². The molecule has 1 atom stereocenters. The van der Waals surface area contributed by atoms with Crippen LogP contribution in [0.5, 0.6) is 5.75 Å². The number of halogens is 1. The lowest BCUT2D eigenvalue weighted by atomic mass is 9.96. The third-order valence-electron chi connectivity index (χ3n) is 4.52. The molecule has 1 aromatic carbocycles. The summed E-state index contributed by atoms with van der Waals surface area (Å²) in [4.78, 5) is 12.5. The predicted molar refractivity (Wildman–Crippen MR) is 95.1 cm³/mol. The first-order valence-electron chi connectivity index (χ1n) is 8.83. The molecule has 1 aliphatic rings. The van der Waals surface area contributed by atoms with Gasteiger partial charge in [-0.3, -0.25) is 4.79 Å². The standard InChI is InChI=1S/C19H28ClNO2/c1-3-18(23-16-11-12-17(20)14(2)13-16)19(22)21-15-9-7-5-4-6-8-10-15/h11-13,15,18H,3-10H2,1-2H3,(H,21,22). The first kappa shape index (κ1) is 18.1. The van der Waals surface area contributed by atoms with Gasteiger partial charge >= 0.3 is 0 Å². The van der Waals surface area contributed by atoms with E-state index in [1.807, 2.05) is 32.0 Å². The monoisotopic (exact) mass is 337 g/mol. The van der Waals surface area contributed by atoms with Crippen LogP contribution in [0.2, 0.25) is 5.02 Å². The predicted octanol–water partition coefficient (Wildman–Crippen LogP) is 5.03. The van der Waals surface area contributed by atoms with Crippen molar-refractivity contribution in [1.82, 2.24) is 5.32 Å². The normalized spacial score (nSPS) is 17.9. The molecule has 128 valence electrons. The lowest BCUT2D eigenvalue weighted by Gasteiger charge is -2.24. The Labute approximate surface area is 144 Å². The van der Waals surface area contributed by atoms with E-state index in [1.54, 1.807) is 0 Å². The summed E-state index contributed by atoms with van der Waals surface area (Å²) < 4.78 is 5.89. The number of carbonyl (C=O) groups excluding carboxylic acids is 1. The molecule has 3 nitrogen and oxygen atoms in total. The van der Waals surface area contributed by atoms with Crippen LogP contribution in [-0.2, 0) is 4.79 Å². The van der Waals surface area contributed by atoms with Crippen molar-refractivity contribution in [2.75, 3.05) is 0 Å². The molecular weight excluding hydrogens is 310 g/mol. The van der Waals surface area contributed by atoms with Gasteiger partial charge in [-0.05, 0) is 49.9 Å². The van der Waals surface area contributed by atoms with Crippen molar-refractivity contribution >= 4 is 17.5 Å². The van der Waals surface area contributed by atoms with Crippen LogP contribution in [-0.4, -0.2) is 18.1 Å². The van der Waals surface area contributed by atoms with E-state index < -0.39 is 6.10 Å². The van der Waals surface area contributed by atoms with Gasteiger partial charge in [0.15, 0.2) is 6.10 Å². The van der Waals surface area contributed by atoms with Gasteiger partial charge in [0.2, 0.25) is 0 Å². The van der Waals surface area contributed by atoms with Crippen molar-refractivity contribution in [2.24, 2.45) is 0 Å². The number of benzene rings is 1. The molecule has 1 fully saturated rings. The fourth-order valence-electron chi connectivity index (χ4n) is 3.07. The fraction of sp³-hybridized carbons (Fsp3) is 0.632. The van der Waals surface area contributed by atoms with Crippen LogP contribution < -0.4 is 10.1 Å². The van der Waals surface area contributed by atoms with Gasteiger partial charge in [-0.2, -0.15) is 0 Å². The highest BCUT2D eigenvalue weighted by molar-refractivity contribution is 6.31. The van der Waals surface area contributed by atoms with Crippen LogP contribution in [0.3, 0.4) is 0 Å². The molecule has 0 aliphatic heterocycles. The molecule has 0 bridgehead atoms. The number of hydrogen-bond acceptors (Lipinski definition) is 2. The third kappa shape index (κ3) is 5.72. The fourth-order valence-corrected chi connectivity index (χ4v) is 3.19. The molecule has 1 aromatic rings. The second-order valence-electron chi connectivity index (χ2n) is 6.48. The Hall–Kier alpha value is -1.22. The van der Waals surface area contributed by atoms with Crippen LogP contribution in [0.4, 0.5) is 0 Å². The largest absolute Gasteiger partial charge is 0.481 e. The summed E-state index contributed by atoms with van der Waals surface area (Å²) in [5, 5.41) is 3.91. The highest BCUT2D eigenvalue weighted by Gasteiger charge is 2.22. The van der Waals surface area contributed by atoms with E-state index in [4.69, 9.17) is 16.3 Å². The molecule has 1 N–H and O–H groups in total. The van der Waals surface area contributed by atoms with Crippen molar-refractivity contribution < 1.29 is 9.53 Å². The lowest BCUT2D eigenvalue weighted by molar-refractivity contribution is -0.129. The molecule has 23 heavy (non-hydrogen) atoms. The van der Waals surface area contributed by atoms with E-state index in [1.165, 1.54) is 32.1 Å². The van der Waals surface area contributed by atoms with Crippen molar-refractivity contribution in [3.8, 4) is 5.75 Å². The molecular formula is C19H28ClNO2. The van der Waals surface area contributed by atoms with Crippen molar-refractivity contribution in [2.45, 2.75) is 77.4 Å². The van der Waals surface area contributed by atoms with E-state index in [9.17, 15) is 4.79 Å². The number of hydrogen-bond donors (Lipinski definition) is 1. The SMILES string of the molecule is CCC(Oc1ccc(Cl)c(C)c1)C(=O)NC1CCCCCCC1. The van der Waals surface area contributed by atoms with Gasteiger partial charge < -0.3 is 10.1 Å². The Morgan fingerprint density at radius 2 is 1.91 bits per heavy atom. The maximum Gasteiger partial charge on any atom is 0.261 e. The summed E-state index contributed by atoms with van der Waals surface area (Å²) in [6, 6.07) is 5.81. The molecule has 4 heteroatoms. The first-order chi connectivity index (χ1) is 11.1. The topological polar surface area (TPSA) is 38.3 Å². The van der Waals surface area contributed by atoms with Crippen LogP contribution in [0.1, 0.15) is 63.9 Å². The number of nitrogens with one attached hydrogen (secondary N) is 1. The van der Waals surface area contributed by atoms with E-state index >= 15 is 0 Å². The van der Waals surface area contributed by atoms with Gasteiger partial charge in [0.1, 0.15) is 5.75 Å². The van der Waals surface area contributed by atoms with Crippen LogP contribution in [0, 0.1) is 6.92 Å². The second-order valence-corrected chi connectivity index (χ2v) is 6.88. The first-order valence-corrected chi connectivity index (χ1v) is 9.21. The van der Waals surface area contributed by atoms with Gasteiger partial charge in [-0.15, -0.1) is 0 Å². The quantitative estimate of drug-likeness (QED) is 0.817. The Kier molecular flexibility index (Phi) is 7.22. The van der Waals surface area contributed by atoms with E-state index in [0.717, 1.165) is 18.4 Å². The van der Waals surface area contributed by atoms with Gasteiger partial charge in [0.05, 0.1) is 0 Å². The molecule has 0 spiro atoms. The van der Waals surface area contributed by atoms with Crippen LogP contribution >= 0.6 is 11.6 Å². The smallest absolute Gasteiger partial charge is 0.261 e. The molecule has 1 saturated carbocycles. The highest BCUT2D eigenvalue weighted by Crippen LogP contribution is 2.23. The molecule has 1 aliphatic carbocycles. The molecule has 1 amide bonds. The number of rotatable bonds is 5. The van der Waals surface area contributed by atoms with Crippen LogP contribution in [0.25, 0.3) is 0 Å². The molecule has 0 aromatic heterocycles. The van der Waals surface area contributed by atoms with Gasteiger partial charge in [0, 0.05) is 11.1 Å². The number of carbonyl (C=O) groups is 1. The lowest BCUT2D eigenvalue weighted by Crippen LogP contribution is -2.43. The van der Waals surface area contributed by atoms with Crippen LogP contribution in [0.15, 0.2) is 18.2 Å². The average Bonchev–Trinajstić information content (AvgIpc) is 2.50. The minimum absolute atomic E-state index is 0.00526. The molecule has 0 radical (unpaired) electrons. The Morgan fingerprint density at radius 3 is 2.52 bits per heavy atom. The summed E-state index contributed by atoms with van der Waals surface area (Å²) in [5.74, 6) is 0.706. The number of amides is 1. The minimum atomic E-state index is -0.444. The molecule has 2 rings (SSSR count). The second kappa shape index (κ2) is 9.17. The Bertz CT molecular complexity index is 510. The van der Waals surface area contributed by atoms with Gasteiger partial charge in [-0.25, -0.2) is 0 Å².